The van der Waals surface area contributed by atoms with Crippen molar-refractivity contribution < 1.29 is 18.7 Å². The highest BCUT2D eigenvalue weighted by Gasteiger charge is 2.15. The fourth-order valence-electron chi connectivity index (χ4n) is 3.81. The summed E-state index contributed by atoms with van der Waals surface area (Å²) in [5, 5.41) is 3.89. The van der Waals surface area contributed by atoms with Gasteiger partial charge in [0.05, 0.1) is 20.0 Å². The fraction of sp³-hybridized carbons (Fsp3) is 0.179. The van der Waals surface area contributed by atoms with Gasteiger partial charge in [-0.05, 0) is 61.7 Å². The minimum Gasteiger partial charge on any atom is -0.496 e. The van der Waals surface area contributed by atoms with Crippen molar-refractivity contribution in [2.75, 3.05) is 19.0 Å². The number of benzene rings is 3. The minimum absolute atomic E-state index is 0.192. The Morgan fingerprint density at radius 1 is 1.09 bits per heavy atom. The zero-order chi connectivity index (χ0) is 23.4. The van der Waals surface area contributed by atoms with Crippen LogP contribution in [0.25, 0.3) is 27.7 Å². The normalized spacial score (nSPS) is 11.5. The smallest absolute Gasteiger partial charge is 0.248 e. The third-order valence-corrected chi connectivity index (χ3v) is 5.55. The van der Waals surface area contributed by atoms with Gasteiger partial charge in [-0.1, -0.05) is 30.3 Å². The fourth-order valence-corrected chi connectivity index (χ4v) is 3.81. The lowest BCUT2D eigenvalue weighted by Crippen LogP contribution is -2.09. The van der Waals surface area contributed by atoms with Crippen molar-refractivity contribution in [1.29, 1.82) is 0 Å². The van der Waals surface area contributed by atoms with Gasteiger partial charge in [0.2, 0.25) is 5.91 Å². The number of fused-ring (bicyclic) bond motifs is 1. The van der Waals surface area contributed by atoms with Crippen molar-refractivity contribution >= 4 is 28.1 Å². The molecule has 0 aliphatic carbocycles. The van der Waals surface area contributed by atoms with Crippen molar-refractivity contribution in [2.24, 2.45) is 0 Å². The number of hydrogen-bond acceptors (Lipinski definition) is 4. The Morgan fingerprint density at radius 3 is 2.55 bits per heavy atom. The zero-order valence-corrected chi connectivity index (χ0v) is 19.3. The third kappa shape index (κ3) is 4.77. The van der Waals surface area contributed by atoms with Crippen LogP contribution in [0.2, 0.25) is 0 Å². The SMILES string of the molecule is CCOc1ccc(-c2coc3cc(OC)c(/C(C)=C/C(=O)Nc4ccccc4C)cc23)cc1. The molecule has 0 radical (unpaired) electrons. The summed E-state index contributed by atoms with van der Waals surface area (Å²) >= 11 is 0. The van der Waals surface area contributed by atoms with E-state index in [0.29, 0.717) is 12.4 Å². The first kappa shape index (κ1) is 22.2. The van der Waals surface area contributed by atoms with Gasteiger partial charge in [0, 0.05) is 34.3 Å². The molecule has 0 fully saturated rings. The van der Waals surface area contributed by atoms with Gasteiger partial charge in [0.15, 0.2) is 0 Å². The third-order valence-electron chi connectivity index (χ3n) is 5.55. The van der Waals surface area contributed by atoms with Crippen molar-refractivity contribution in [3.05, 3.63) is 84.1 Å². The van der Waals surface area contributed by atoms with Gasteiger partial charge in [-0.25, -0.2) is 0 Å². The average molecular weight is 442 g/mol. The zero-order valence-electron chi connectivity index (χ0n) is 19.3. The van der Waals surface area contributed by atoms with E-state index in [1.54, 1.807) is 19.4 Å². The summed E-state index contributed by atoms with van der Waals surface area (Å²) in [6, 6.07) is 19.5. The van der Waals surface area contributed by atoms with Crippen LogP contribution in [0, 0.1) is 6.92 Å². The van der Waals surface area contributed by atoms with Gasteiger partial charge < -0.3 is 19.2 Å². The molecule has 0 aliphatic heterocycles. The van der Waals surface area contributed by atoms with Crippen molar-refractivity contribution in [1.82, 2.24) is 0 Å². The highest BCUT2D eigenvalue weighted by atomic mass is 16.5. The molecule has 4 aromatic rings. The van der Waals surface area contributed by atoms with E-state index >= 15 is 0 Å². The quantitative estimate of drug-likeness (QED) is 0.318. The van der Waals surface area contributed by atoms with Crippen molar-refractivity contribution in [3.8, 4) is 22.6 Å². The maximum atomic E-state index is 12.7. The van der Waals surface area contributed by atoms with Gasteiger partial charge in [0.1, 0.15) is 17.1 Å². The number of para-hydroxylation sites is 1. The summed E-state index contributed by atoms with van der Waals surface area (Å²) < 4.78 is 17.0. The average Bonchev–Trinajstić information content (AvgIpc) is 3.23. The van der Waals surface area contributed by atoms with E-state index in [-0.39, 0.29) is 5.91 Å². The van der Waals surface area contributed by atoms with Crippen molar-refractivity contribution in [3.63, 3.8) is 0 Å². The Morgan fingerprint density at radius 2 is 1.85 bits per heavy atom. The molecule has 1 amide bonds. The van der Waals surface area contributed by atoms with Crippen LogP contribution in [-0.2, 0) is 4.79 Å². The summed E-state index contributed by atoms with van der Waals surface area (Å²) in [7, 11) is 1.61. The molecule has 0 aliphatic rings. The lowest BCUT2D eigenvalue weighted by molar-refractivity contribution is -0.111. The lowest BCUT2D eigenvalue weighted by atomic mass is 9.99. The number of furan rings is 1. The number of amides is 1. The molecule has 3 aromatic carbocycles. The lowest BCUT2D eigenvalue weighted by Gasteiger charge is -2.11. The van der Waals surface area contributed by atoms with Crippen LogP contribution in [0.4, 0.5) is 5.69 Å². The highest BCUT2D eigenvalue weighted by molar-refractivity contribution is 6.05. The molecular weight excluding hydrogens is 414 g/mol. The molecule has 5 heteroatoms. The number of rotatable bonds is 7. The summed E-state index contributed by atoms with van der Waals surface area (Å²) in [6.45, 7) is 6.45. The summed E-state index contributed by atoms with van der Waals surface area (Å²) in [4.78, 5) is 12.7. The number of methoxy groups -OCH3 is 1. The Balaban J connectivity index is 1.69. The van der Waals surface area contributed by atoms with Crippen LogP contribution in [0.1, 0.15) is 25.0 Å². The molecule has 0 saturated carbocycles. The number of ether oxygens (including phenoxy) is 2. The molecule has 0 bridgehead atoms. The van der Waals surface area contributed by atoms with Crippen LogP contribution in [0.3, 0.4) is 0 Å². The van der Waals surface area contributed by atoms with E-state index < -0.39 is 0 Å². The number of aryl methyl sites for hydroxylation is 1. The van der Waals surface area contributed by atoms with Crippen LogP contribution in [-0.4, -0.2) is 19.6 Å². The molecule has 4 rings (SSSR count). The second kappa shape index (κ2) is 9.65. The first-order chi connectivity index (χ1) is 16.0. The van der Waals surface area contributed by atoms with E-state index in [1.165, 1.54) is 0 Å². The van der Waals surface area contributed by atoms with Gasteiger partial charge in [-0.15, -0.1) is 0 Å². The van der Waals surface area contributed by atoms with E-state index in [2.05, 4.69) is 5.32 Å². The Hall–Kier alpha value is -3.99. The van der Waals surface area contributed by atoms with Crippen LogP contribution in [0.5, 0.6) is 11.5 Å². The van der Waals surface area contributed by atoms with E-state index in [1.807, 2.05) is 81.4 Å². The summed E-state index contributed by atoms with van der Waals surface area (Å²) in [5.74, 6) is 1.28. The Bertz CT molecular complexity index is 1320. The second-order valence-corrected chi connectivity index (χ2v) is 7.79. The number of hydrogen-bond donors (Lipinski definition) is 1. The number of carbonyl (C=O) groups excluding carboxylic acids is 1. The molecular formula is C28H27NO4. The molecule has 0 spiro atoms. The molecule has 1 aromatic heterocycles. The van der Waals surface area contributed by atoms with Crippen LogP contribution >= 0.6 is 0 Å². The predicted octanol–water partition coefficient (Wildman–Crippen LogP) is 6.86. The molecule has 0 saturated heterocycles. The largest absolute Gasteiger partial charge is 0.496 e. The summed E-state index contributed by atoms with van der Waals surface area (Å²) in [6.07, 6.45) is 3.33. The van der Waals surface area contributed by atoms with Gasteiger partial charge in [-0.2, -0.15) is 0 Å². The predicted molar refractivity (Wildman–Crippen MR) is 133 cm³/mol. The molecule has 0 atom stereocenters. The molecule has 168 valence electrons. The molecule has 0 unspecified atom stereocenters. The monoisotopic (exact) mass is 441 g/mol. The molecule has 5 nitrogen and oxygen atoms in total. The Labute approximate surface area is 193 Å². The van der Waals surface area contributed by atoms with E-state index in [0.717, 1.165) is 50.2 Å². The molecule has 1 N–H and O–H groups in total. The highest BCUT2D eigenvalue weighted by Crippen LogP contribution is 2.37. The van der Waals surface area contributed by atoms with E-state index in [4.69, 9.17) is 13.9 Å². The van der Waals surface area contributed by atoms with Gasteiger partial charge in [0.25, 0.3) is 0 Å². The molecule has 33 heavy (non-hydrogen) atoms. The first-order valence-electron chi connectivity index (χ1n) is 10.9. The number of allylic oxidation sites excluding steroid dienone is 1. The van der Waals surface area contributed by atoms with Crippen LogP contribution < -0.4 is 14.8 Å². The van der Waals surface area contributed by atoms with E-state index in [9.17, 15) is 4.79 Å². The number of nitrogens with one attached hydrogen (secondary N) is 1. The number of carbonyl (C=O) groups is 1. The standard InChI is InChI=1S/C28H27NO4/c1-5-32-21-12-10-20(11-13-21)24-17-33-27-16-26(31-4)22(15-23(24)27)19(3)14-28(30)29-25-9-7-6-8-18(25)2/h6-17H,5H2,1-4H3,(H,29,30)/b19-14+. The summed E-state index contributed by atoms with van der Waals surface area (Å²) in [5.41, 5.74) is 6.13. The van der Waals surface area contributed by atoms with Gasteiger partial charge in [-0.3, -0.25) is 4.79 Å². The van der Waals surface area contributed by atoms with Crippen LogP contribution in [0.15, 0.2) is 77.4 Å². The topological polar surface area (TPSA) is 60.7 Å². The Kier molecular flexibility index (Phi) is 6.50. The maximum absolute atomic E-state index is 12.7. The van der Waals surface area contributed by atoms with Crippen molar-refractivity contribution in [2.45, 2.75) is 20.8 Å². The number of anilines is 1. The molecule has 1 heterocycles. The first-order valence-corrected chi connectivity index (χ1v) is 10.9. The van der Waals surface area contributed by atoms with Gasteiger partial charge >= 0.3 is 0 Å². The maximum Gasteiger partial charge on any atom is 0.248 e. The minimum atomic E-state index is -0.192. The second-order valence-electron chi connectivity index (χ2n) is 7.79.